The Kier molecular flexibility index (Phi) is 4.35. The van der Waals surface area contributed by atoms with Gasteiger partial charge in [0.15, 0.2) is 0 Å². The molecule has 0 heterocycles. The Morgan fingerprint density at radius 3 is 2.47 bits per heavy atom. The van der Waals surface area contributed by atoms with Crippen molar-refractivity contribution >= 4 is 40.6 Å². The summed E-state index contributed by atoms with van der Waals surface area (Å²) in [5, 5.41) is 3.30. The maximum absolute atomic E-state index is 12.0. The molecule has 0 bridgehead atoms. The molecular weight excluding hydrogens is 280 g/mol. The number of hydrogen-bond acceptors (Lipinski definition) is 3. The van der Waals surface area contributed by atoms with Crippen molar-refractivity contribution in [3.63, 3.8) is 0 Å². The van der Waals surface area contributed by atoms with Gasteiger partial charge in [-0.1, -0.05) is 11.6 Å². The number of thioether (sulfide) groups is 1. The average molecular weight is 293 g/mol. The van der Waals surface area contributed by atoms with Gasteiger partial charge < -0.3 is 11.1 Å². The van der Waals surface area contributed by atoms with E-state index in [0.29, 0.717) is 22.0 Å². The van der Waals surface area contributed by atoms with Gasteiger partial charge >= 0.3 is 0 Å². The molecule has 98 valence electrons. The highest BCUT2D eigenvalue weighted by Crippen LogP contribution is 2.23. The first-order valence-electron chi connectivity index (χ1n) is 5.60. The van der Waals surface area contributed by atoms with Gasteiger partial charge in [-0.15, -0.1) is 11.8 Å². The first-order valence-corrected chi connectivity index (χ1v) is 7.21. The molecule has 2 aromatic rings. The Morgan fingerprint density at radius 2 is 1.89 bits per heavy atom. The maximum Gasteiger partial charge on any atom is 0.255 e. The summed E-state index contributed by atoms with van der Waals surface area (Å²) in [6, 6.07) is 12.4. The minimum atomic E-state index is -0.193. The summed E-state index contributed by atoms with van der Waals surface area (Å²) in [5.41, 5.74) is 7.39. The third-order valence-electron chi connectivity index (χ3n) is 2.61. The third-order valence-corrected chi connectivity index (χ3v) is 3.59. The number of carbonyl (C=O) groups excluding carboxylic acids is 1. The molecule has 0 spiro atoms. The fraction of sp³-hybridized carbons (Fsp3) is 0.0714. The van der Waals surface area contributed by atoms with E-state index in [1.807, 2.05) is 18.4 Å². The first kappa shape index (κ1) is 13.8. The molecule has 0 saturated carbocycles. The zero-order valence-corrected chi connectivity index (χ0v) is 11.9. The van der Waals surface area contributed by atoms with Crippen LogP contribution in [0.2, 0.25) is 5.02 Å². The van der Waals surface area contributed by atoms with E-state index < -0.39 is 0 Å². The highest BCUT2D eigenvalue weighted by molar-refractivity contribution is 7.98. The van der Waals surface area contributed by atoms with Crippen LogP contribution >= 0.6 is 23.4 Å². The molecule has 2 rings (SSSR count). The second-order valence-corrected chi connectivity index (χ2v) is 5.23. The van der Waals surface area contributed by atoms with Gasteiger partial charge in [0.25, 0.3) is 5.91 Å². The van der Waals surface area contributed by atoms with E-state index in [4.69, 9.17) is 17.3 Å². The summed E-state index contributed by atoms with van der Waals surface area (Å²) in [4.78, 5) is 13.2. The number of anilines is 2. The number of rotatable bonds is 3. The van der Waals surface area contributed by atoms with Crippen molar-refractivity contribution in [2.24, 2.45) is 0 Å². The molecule has 0 saturated heterocycles. The van der Waals surface area contributed by atoms with E-state index in [9.17, 15) is 4.79 Å². The predicted octanol–water partition coefficient (Wildman–Crippen LogP) is 3.90. The van der Waals surface area contributed by atoms with Crippen LogP contribution < -0.4 is 11.1 Å². The quantitative estimate of drug-likeness (QED) is 0.666. The van der Waals surface area contributed by atoms with Crippen LogP contribution in [0.25, 0.3) is 0 Å². The van der Waals surface area contributed by atoms with Crippen molar-refractivity contribution in [3.8, 4) is 0 Å². The van der Waals surface area contributed by atoms with Crippen molar-refractivity contribution in [2.45, 2.75) is 4.90 Å². The van der Waals surface area contributed by atoms with Gasteiger partial charge in [0.2, 0.25) is 0 Å². The summed E-state index contributed by atoms with van der Waals surface area (Å²) in [5.74, 6) is -0.193. The summed E-state index contributed by atoms with van der Waals surface area (Å²) in [7, 11) is 0. The zero-order valence-electron chi connectivity index (χ0n) is 10.3. The fourth-order valence-corrected chi connectivity index (χ4v) is 2.17. The molecule has 0 atom stereocenters. The average Bonchev–Trinajstić information content (AvgIpc) is 2.42. The van der Waals surface area contributed by atoms with Crippen molar-refractivity contribution in [3.05, 3.63) is 53.1 Å². The van der Waals surface area contributed by atoms with Crippen molar-refractivity contribution in [1.29, 1.82) is 0 Å². The number of nitrogens with two attached hydrogens (primary N) is 1. The summed E-state index contributed by atoms with van der Waals surface area (Å²) < 4.78 is 0. The van der Waals surface area contributed by atoms with Gasteiger partial charge in [0.1, 0.15) is 0 Å². The predicted molar refractivity (Wildman–Crippen MR) is 82.0 cm³/mol. The lowest BCUT2D eigenvalue weighted by Gasteiger charge is -2.08. The van der Waals surface area contributed by atoms with E-state index >= 15 is 0 Å². The second-order valence-electron chi connectivity index (χ2n) is 3.91. The molecule has 0 aliphatic heterocycles. The number of nitrogen functional groups attached to an aromatic ring is 1. The number of nitrogens with one attached hydrogen (secondary N) is 1. The Bertz CT molecular complexity index is 599. The topological polar surface area (TPSA) is 55.1 Å². The van der Waals surface area contributed by atoms with Crippen LogP contribution in [0.3, 0.4) is 0 Å². The lowest BCUT2D eigenvalue weighted by Crippen LogP contribution is -2.13. The van der Waals surface area contributed by atoms with Crippen LogP contribution in [-0.4, -0.2) is 12.2 Å². The van der Waals surface area contributed by atoms with Crippen LogP contribution in [0, 0.1) is 0 Å². The van der Waals surface area contributed by atoms with Gasteiger partial charge in [-0.3, -0.25) is 4.79 Å². The van der Waals surface area contributed by atoms with Gasteiger partial charge in [0, 0.05) is 15.5 Å². The molecule has 3 N–H and O–H groups in total. The molecule has 1 amide bonds. The molecule has 3 nitrogen and oxygen atoms in total. The number of hydrogen-bond donors (Lipinski definition) is 2. The van der Waals surface area contributed by atoms with Gasteiger partial charge in [0.05, 0.1) is 11.4 Å². The first-order chi connectivity index (χ1) is 9.10. The molecule has 5 heteroatoms. The Morgan fingerprint density at radius 1 is 1.21 bits per heavy atom. The number of carbonyl (C=O) groups is 1. The van der Waals surface area contributed by atoms with E-state index in [-0.39, 0.29) is 5.91 Å². The number of benzene rings is 2. The lowest BCUT2D eigenvalue weighted by molar-refractivity contribution is 0.102. The monoisotopic (exact) mass is 292 g/mol. The molecule has 2 aromatic carbocycles. The van der Waals surface area contributed by atoms with Crippen molar-refractivity contribution < 1.29 is 4.79 Å². The SMILES string of the molecule is CSc1ccc(C(=O)Nc2ccc(Cl)cc2N)cc1. The maximum atomic E-state index is 12.0. The number of amides is 1. The standard InChI is InChI=1S/C14H13ClN2OS/c1-19-11-5-2-9(3-6-11)14(18)17-13-7-4-10(15)8-12(13)16/h2-8H,16H2,1H3,(H,17,18). The highest BCUT2D eigenvalue weighted by atomic mass is 35.5. The van der Waals surface area contributed by atoms with E-state index in [1.54, 1.807) is 42.1 Å². The van der Waals surface area contributed by atoms with Crippen LogP contribution in [0.5, 0.6) is 0 Å². The normalized spacial score (nSPS) is 10.2. The minimum Gasteiger partial charge on any atom is -0.397 e. The Labute approximate surface area is 121 Å². The largest absolute Gasteiger partial charge is 0.397 e. The summed E-state index contributed by atoms with van der Waals surface area (Å²) in [6.07, 6.45) is 1.99. The van der Waals surface area contributed by atoms with Crippen LogP contribution in [0.1, 0.15) is 10.4 Å². The molecule has 0 unspecified atom stereocenters. The van der Waals surface area contributed by atoms with Crippen molar-refractivity contribution in [1.82, 2.24) is 0 Å². The molecule has 0 aromatic heterocycles. The summed E-state index contributed by atoms with van der Waals surface area (Å²) >= 11 is 7.44. The molecular formula is C14H13ClN2OS. The van der Waals surface area contributed by atoms with E-state index in [0.717, 1.165) is 4.90 Å². The third kappa shape index (κ3) is 3.43. The van der Waals surface area contributed by atoms with Crippen LogP contribution in [0.15, 0.2) is 47.4 Å². The van der Waals surface area contributed by atoms with Crippen LogP contribution in [0.4, 0.5) is 11.4 Å². The molecule has 0 radical (unpaired) electrons. The Balaban J connectivity index is 2.15. The lowest BCUT2D eigenvalue weighted by atomic mass is 10.2. The molecule has 19 heavy (non-hydrogen) atoms. The van der Waals surface area contributed by atoms with E-state index in [2.05, 4.69) is 5.32 Å². The highest BCUT2D eigenvalue weighted by Gasteiger charge is 2.08. The van der Waals surface area contributed by atoms with Crippen molar-refractivity contribution in [2.75, 3.05) is 17.3 Å². The Hall–Kier alpha value is -1.65. The minimum absolute atomic E-state index is 0.193. The smallest absolute Gasteiger partial charge is 0.255 e. The second kappa shape index (κ2) is 5.99. The van der Waals surface area contributed by atoms with Crippen LogP contribution in [-0.2, 0) is 0 Å². The number of halogens is 1. The summed E-state index contributed by atoms with van der Waals surface area (Å²) in [6.45, 7) is 0. The molecule has 0 aliphatic carbocycles. The zero-order chi connectivity index (χ0) is 13.8. The molecule has 0 aliphatic rings. The van der Waals surface area contributed by atoms with Gasteiger partial charge in [-0.05, 0) is 48.7 Å². The van der Waals surface area contributed by atoms with Gasteiger partial charge in [-0.25, -0.2) is 0 Å². The van der Waals surface area contributed by atoms with Gasteiger partial charge in [-0.2, -0.15) is 0 Å². The fourth-order valence-electron chi connectivity index (χ4n) is 1.58. The molecule has 0 fully saturated rings. The van der Waals surface area contributed by atoms with E-state index in [1.165, 1.54) is 0 Å².